The molecule has 1 amide bonds. The Kier molecular flexibility index (Phi) is 3.85. The minimum atomic E-state index is -4.73. The van der Waals surface area contributed by atoms with Gasteiger partial charge in [0.05, 0.1) is 6.54 Å². The monoisotopic (exact) mass is 351 g/mol. The molecule has 0 saturated carbocycles. The molecular weight excluding hydrogens is 339 g/mol. The molecule has 1 atom stereocenters. The zero-order valence-electron chi connectivity index (χ0n) is 10.7. The van der Waals surface area contributed by atoms with E-state index in [0.717, 1.165) is 9.37 Å². The molecule has 7 heteroatoms. The smallest absolute Gasteiger partial charge is 0.379 e. The number of rotatable bonds is 1. The molecule has 1 fully saturated rings. The quantitative estimate of drug-likeness (QED) is 0.845. The van der Waals surface area contributed by atoms with Gasteiger partial charge in [-0.3, -0.25) is 4.79 Å². The molecule has 3 nitrogen and oxygen atoms in total. The predicted octanol–water partition coefficient (Wildman–Crippen LogP) is 2.90. The molecule has 0 aromatic heterocycles. The lowest BCUT2D eigenvalue weighted by molar-refractivity contribution is -0.253. The Morgan fingerprint density at radius 1 is 1.45 bits per heavy atom. The first kappa shape index (κ1) is 15.3. The summed E-state index contributed by atoms with van der Waals surface area (Å²) in [7, 11) is 0. The number of likely N-dealkylation sites (tertiary alicyclic amines) is 1. The van der Waals surface area contributed by atoms with Crippen LogP contribution in [-0.4, -0.2) is 40.8 Å². The lowest BCUT2D eigenvalue weighted by Crippen LogP contribution is -2.48. The van der Waals surface area contributed by atoms with Gasteiger partial charge in [-0.25, -0.2) is 0 Å². The van der Waals surface area contributed by atoms with E-state index < -0.39 is 30.7 Å². The maximum Gasteiger partial charge on any atom is 0.419 e. The third kappa shape index (κ3) is 2.69. The number of carbonyl (C=O) groups is 1. The highest BCUT2D eigenvalue weighted by molar-refractivity contribution is 9.10. The number of halogens is 4. The van der Waals surface area contributed by atoms with Crippen LogP contribution in [-0.2, 0) is 0 Å². The first-order chi connectivity index (χ1) is 9.14. The maximum absolute atomic E-state index is 12.7. The lowest BCUT2D eigenvalue weighted by atomic mass is 10.0. The van der Waals surface area contributed by atoms with E-state index in [2.05, 4.69) is 15.9 Å². The zero-order valence-corrected chi connectivity index (χ0v) is 12.3. The fourth-order valence-electron chi connectivity index (χ4n) is 2.24. The van der Waals surface area contributed by atoms with Gasteiger partial charge in [0, 0.05) is 23.0 Å². The van der Waals surface area contributed by atoms with Crippen molar-refractivity contribution in [3.05, 3.63) is 33.8 Å². The minimum Gasteiger partial charge on any atom is -0.379 e. The van der Waals surface area contributed by atoms with Crippen LogP contribution in [0.25, 0.3) is 0 Å². The van der Waals surface area contributed by atoms with Crippen molar-refractivity contribution in [2.45, 2.75) is 25.1 Å². The largest absolute Gasteiger partial charge is 0.419 e. The average molecular weight is 352 g/mol. The van der Waals surface area contributed by atoms with Crippen LogP contribution in [0.5, 0.6) is 0 Å². The second-order valence-corrected chi connectivity index (χ2v) is 5.88. The van der Waals surface area contributed by atoms with Crippen LogP contribution in [0.1, 0.15) is 22.3 Å². The third-order valence-electron chi connectivity index (χ3n) is 3.48. The van der Waals surface area contributed by atoms with Crippen LogP contribution >= 0.6 is 15.9 Å². The number of hydrogen-bond donors (Lipinski definition) is 1. The van der Waals surface area contributed by atoms with Gasteiger partial charge in [-0.2, -0.15) is 13.2 Å². The van der Waals surface area contributed by atoms with E-state index >= 15 is 0 Å². The molecule has 0 bridgehead atoms. The van der Waals surface area contributed by atoms with E-state index in [1.54, 1.807) is 25.1 Å². The van der Waals surface area contributed by atoms with Gasteiger partial charge in [0.2, 0.25) is 0 Å². The molecule has 2 rings (SSSR count). The molecule has 1 aliphatic heterocycles. The Morgan fingerprint density at radius 2 is 2.10 bits per heavy atom. The van der Waals surface area contributed by atoms with Crippen molar-refractivity contribution in [2.24, 2.45) is 0 Å². The molecule has 1 saturated heterocycles. The number of aliphatic hydroxyl groups is 1. The van der Waals surface area contributed by atoms with Crippen LogP contribution in [0.3, 0.4) is 0 Å². The minimum absolute atomic E-state index is 0.107. The molecule has 110 valence electrons. The standard InChI is InChI=1S/C13H13BrF3NO2/c1-8-6-9(14)2-3-10(8)11(19)18-5-4-12(20,7-18)13(15,16)17/h2-3,6,20H,4-5,7H2,1H3. The van der Waals surface area contributed by atoms with Crippen molar-refractivity contribution in [1.29, 1.82) is 0 Å². The van der Waals surface area contributed by atoms with Gasteiger partial charge in [-0.1, -0.05) is 15.9 Å². The van der Waals surface area contributed by atoms with Gasteiger partial charge in [0.25, 0.3) is 5.91 Å². The third-order valence-corrected chi connectivity index (χ3v) is 3.97. The zero-order chi connectivity index (χ0) is 15.1. The molecule has 1 aliphatic rings. The second kappa shape index (κ2) is 5.04. The fraction of sp³-hybridized carbons (Fsp3) is 0.462. The number of β-amino-alcohol motifs (C(OH)–C–C–N with tert-alkyl or cyclic N) is 1. The van der Waals surface area contributed by atoms with Crippen molar-refractivity contribution in [3.8, 4) is 0 Å². The highest BCUT2D eigenvalue weighted by atomic mass is 79.9. The van der Waals surface area contributed by atoms with Crippen molar-refractivity contribution >= 4 is 21.8 Å². The Morgan fingerprint density at radius 3 is 2.60 bits per heavy atom. The van der Waals surface area contributed by atoms with Crippen molar-refractivity contribution in [1.82, 2.24) is 4.90 Å². The van der Waals surface area contributed by atoms with Gasteiger partial charge < -0.3 is 10.0 Å². The van der Waals surface area contributed by atoms with Crippen LogP contribution in [0.4, 0.5) is 13.2 Å². The normalized spacial score (nSPS) is 23.2. The van der Waals surface area contributed by atoms with Crippen LogP contribution in [0.2, 0.25) is 0 Å². The van der Waals surface area contributed by atoms with E-state index in [4.69, 9.17) is 0 Å². The summed E-state index contributed by atoms with van der Waals surface area (Å²) in [5, 5.41) is 9.58. The summed E-state index contributed by atoms with van der Waals surface area (Å²) < 4.78 is 39.0. The number of aryl methyl sites for hydroxylation is 1. The first-order valence-corrected chi connectivity index (χ1v) is 6.78. The Labute approximate surface area is 122 Å². The summed E-state index contributed by atoms with van der Waals surface area (Å²) in [6, 6.07) is 4.94. The molecule has 1 N–H and O–H groups in total. The Hall–Kier alpha value is -1.08. The van der Waals surface area contributed by atoms with Gasteiger partial charge >= 0.3 is 6.18 Å². The van der Waals surface area contributed by atoms with Crippen LogP contribution in [0, 0.1) is 6.92 Å². The highest BCUT2D eigenvalue weighted by Gasteiger charge is 2.57. The van der Waals surface area contributed by atoms with Crippen molar-refractivity contribution in [2.75, 3.05) is 13.1 Å². The SMILES string of the molecule is Cc1cc(Br)ccc1C(=O)N1CCC(O)(C(F)(F)F)C1. The topological polar surface area (TPSA) is 40.5 Å². The fourth-order valence-corrected chi connectivity index (χ4v) is 2.71. The summed E-state index contributed by atoms with van der Waals surface area (Å²) >= 11 is 3.26. The molecular formula is C13H13BrF3NO2. The first-order valence-electron chi connectivity index (χ1n) is 5.98. The second-order valence-electron chi connectivity index (χ2n) is 4.97. The maximum atomic E-state index is 12.7. The number of nitrogens with zero attached hydrogens (tertiary/aromatic N) is 1. The summed E-state index contributed by atoms with van der Waals surface area (Å²) in [5.41, 5.74) is -1.78. The highest BCUT2D eigenvalue weighted by Crippen LogP contribution is 2.38. The lowest BCUT2D eigenvalue weighted by Gasteiger charge is -2.26. The van der Waals surface area contributed by atoms with E-state index in [9.17, 15) is 23.1 Å². The van der Waals surface area contributed by atoms with Gasteiger partial charge in [-0.15, -0.1) is 0 Å². The van der Waals surface area contributed by atoms with Crippen molar-refractivity contribution < 1.29 is 23.1 Å². The molecule has 0 radical (unpaired) electrons. The van der Waals surface area contributed by atoms with E-state index in [-0.39, 0.29) is 6.54 Å². The molecule has 1 aromatic rings. The van der Waals surface area contributed by atoms with E-state index in [1.165, 1.54) is 0 Å². The van der Waals surface area contributed by atoms with Gasteiger partial charge in [0.1, 0.15) is 0 Å². The Balaban J connectivity index is 2.20. The Bertz CT molecular complexity index is 547. The number of hydrogen-bond acceptors (Lipinski definition) is 2. The van der Waals surface area contributed by atoms with Gasteiger partial charge in [-0.05, 0) is 30.7 Å². The van der Waals surface area contributed by atoms with Crippen LogP contribution in [0.15, 0.2) is 22.7 Å². The van der Waals surface area contributed by atoms with Crippen molar-refractivity contribution in [3.63, 3.8) is 0 Å². The van der Waals surface area contributed by atoms with Crippen LogP contribution < -0.4 is 0 Å². The average Bonchev–Trinajstić information content (AvgIpc) is 2.72. The number of benzene rings is 1. The molecule has 0 spiro atoms. The summed E-state index contributed by atoms with van der Waals surface area (Å²) in [6.07, 6.45) is -5.21. The molecule has 1 aromatic carbocycles. The molecule has 0 aliphatic carbocycles. The summed E-state index contributed by atoms with van der Waals surface area (Å²) in [5.74, 6) is -0.491. The number of carbonyl (C=O) groups excluding carboxylic acids is 1. The number of alkyl halides is 3. The summed E-state index contributed by atoms with van der Waals surface area (Å²) in [4.78, 5) is 13.3. The number of amides is 1. The molecule has 1 heterocycles. The molecule has 20 heavy (non-hydrogen) atoms. The predicted molar refractivity (Wildman–Crippen MR) is 70.4 cm³/mol. The van der Waals surface area contributed by atoms with E-state index in [1.807, 2.05) is 0 Å². The summed E-state index contributed by atoms with van der Waals surface area (Å²) in [6.45, 7) is 0.888. The molecule has 1 unspecified atom stereocenters. The van der Waals surface area contributed by atoms with E-state index in [0.29, 0.717) is 11.1 Å². The van der Waals surface area contributed by atoms with Gasteiger partial charge in [0.15, 0.2) is 5.60 Å².